The Bertz CT molecular complexity index is 1480. The fraction of sp³-hybridized carbons (Fsp3) is 0.370. The van der Waals surface area contributed by atoms with Crippen LogP contribution in [0.25, 0.3) is 0 Å². The normalized spacial score (nSPS) is 31.9. The van der Waals surface area contributed by atoms with Crippen molar-refractivity contribution in [3.8, 4) is 11.5 Å². The maximum absolute atomic E-state index is 13.8. The van der Waals surface area contributed by atoms with Gasteiger partial charge in [-0.15, -0.1) is 11.8 Å². The van der Waals surface area contributed by atoms with Gasteiger partial charge < -0.3 is 14.8 Å². The molecule has 1 saturated heterocycles. The number of fused-ring (bicyclic) bond motifs is 9. The van der Waals surface area contributed by atoms with E-state index in [9.17, 15) is 19.5 Å². The summed E-state index contributed by atoms with van der Waals surface area (Å²) in [5.74, 6) is -0.313. The number of hydrogen-bond acceptors (Lipinski definition) is 7. The Morgan fingerprint density at radius 1 is 1.03 bits per heavy atom. The zero-order chi connectivity index (χ0) is 24.9. The molecule has 9 heteroatoms. The van der Waals surface area contributed by atoms with Gasteiger partial charge in [0.2, 0.25) is 11.8 Å². The molecule has 2 bridgehead atoms. The number of amides is 2. The highest BCUT2D eigenvalue weighted by Gasteiger charge is 2.69. The molecular formula is C27H24N2O5S2. The number of phenolic OH excluding ortho intramolecular Hbond substituents is 1. The smallest absolute Gasteiger partial charge is 0.305 e. The van der Waals surface area contributed by atoms with Crippen LogP contribution < -0.4 is 14.5 Å². The van der Waals surface area contributed by atoms with Gasteiger partial charge in [-0.05, 0) is 60.9 Å². The Labute approximate surface area is 215 Å². The van der Waals surface area contributed by atoms with Crippen molar-refractivity contribution in [2.75, 3.05) is 12.0 Å². The van der Waals surface area contributed by atoms with E-state index >= 15 is 0 Å². The number of methoxy groups -OCH3 is 1. The molecule has 2 aliphatic carbocycles. The minimum Gasteiger partial charge on any atom is -0.504 e. The lowest BCUT2D eigenvalue weighted by Gasteiger charge is -2.43. The average molecular weight is 521 g/mol. The number of benzene rings is 2. The SMILES string of the molecule is COc1cc([C@@H]2c3sc(=O)[nH]c3S[C@@H]3[C@H]4C[C@@H]([C@@H]5C(=O)N(c6ccc(C)cc6)C(=O)[C@@H]45)[C@H]23)ccc1O. The summed E-state index contributed by atoms with van der Waals surface area (Å²) in [7, 11) is 1.52. The van der Waals surface area contributed by atoms with E-state index < -0.39 is 0 Å². The number of aromatic nitrogens is 1. The summed E-state index contributed by atoms with van der Waals surface area (Å²) in [6.45, 7) is 1.98. The monoisotopic (exact) mass is 520 g/mol. The molecule has 3 heterocycles. The van der Waals surface area contributed by atoms with E-state index in [0.29, 0.717) is 11.4 Å². The Morgan fingerprint density at radius 2 is 1.75 bits per heavy atom. The van der Waals surface area contributed by atoms with Crippen LogP contribution in [0.3, 0.4) is 0 Å². The summed E-state index contributed by atoms with van der Waals surface area (Å²) in [5.41, 5.74) is 2.67. The van der Waals surface area contributed by atoms with Gasteiger partial charge in [0, 0.05) is 16.0 Å². The third-order valence-corrected chi connectivity index (χ3v) is 11.2. The molecule has 2 amide bonds. The van der Waals surface area contributed by atoms with Gasteiger partial charge in [0.25, 0.3) is 0 Å². The fourth-order valence-corrected chi connectivity index (χ4v) is 10.1. The number of thiazole rings is 1. The number of anilines is 1. The molecule has 36 heavy (non-hydrogen) atoms. The Balaban J connectivity index is 1.33. The quantitative estimate of drug-likeness (QED) is 0.504. The lowest BCUT2D eigenvalue weighted by molar-refractivity contribution is -0.123. The molecule has 1 aromatic heterocycles. The van der Waals surface area contributed by atoms with E-state index in [1.165, 1.54) is 23.3 Å². The molecule has 0 spiro atoms. The molecule has 7 rings (SSSR count). The van der Waals surface area contributed by atoms with Gasteiger partial charge in [-0.2, -0.15) is 0 Å². The molecule has 7 nitrogen and oxygen atoms in total. The second kappa shape index (κ2) is 7.73. The first-order valence-corrected chi connectivity index (χ1v) is 13.8. The van der Waals surface area contributed by atoms with Crippen molar-refractivity contribution in [2.45, 2.75) is 29.5 Å². The number of nitrogens with zero attached hydrogens (tertiary/aromatic N) is 1. The molecule has 4 aliphatic rings. The largest absolute Gasteiger partial charge is 0.504 e. The van der Waals surface area contributed by atoms with Crippen LogP contribution in [-0.2, 0) is 9.59 Å². The number of nitrogens with one attached hydrogen (secondary N) is 1. The lowest BCUT2D eigenvalue weighted by Crippen LogP contribution is -2.42. The Morgan fingerprint density at radius 3 is 2.47 bits per heavy atom. The number of ether oxygens (including phenoxy) is 1. The highest BCUT2D eigenvalue weighted by molar-refractivity contribution is 8.00. The van der Waals surface area contributed by atoms with Crippen LogP contribution in [0, 0.1) is 36.5 Å². The number of rotatable bonds is 3. The number of aromatic hydroxyl groups is 1. The number of aryl methyl sites for hydroxylation is 1. The van der Waals surface area contributed by atoms with Crippen LogP contribution in [0.15, 0.2) is 52.3 Å². The first-order valence-electron chi connectivity index (χ1n) is 12.1. The van der Waals surface area contributed by atoms with Crippen molar-refractivity contribution >= 4 is 40.6 Å². The van der Waals surface area contributed by atoms with Gasteiger partial charge in [-0.3, -0.25) is 19.3 Å². The van der Waals surface area contributed by atoms with Crippen molar-refractivity contribution in [1.82, 2.24) is 4.98 Å². The molecule has 7 atom stereocenters. The van der Waals surface area contributed by atoms with Crippen LogP contribution in [0.1, 0.15) is 28.3 Å². The van der Waals surface area contributed by atoms with Gasteiger partial charge in [-0.1, -0.05) is 35.1 Å². The summed E-state index contributed by atoms with van der Waals surface area (Å²) in [5, 5.41) is 11.2. The van der Waals surface area contributed by atoms with Crippen molar-refractivity contribution in [3.05, 3.63) is 68.1 Å². The molecule has 3 fully saturated rings. The van der Waals surface area contributed by atoms with Crippen LogP contribution >= 0.6 is 23.1 Å². The third-order valence-electron chi connectivity index (χ3n) is 8.58. The van der Waals surface area contributed by atoms with Crippen molar-refractivity contribution in [2.24, 2.45) is 29.6 Å². The summed E-state index contributed by atoms with van der Waals surface area (Å²) >= 11 is 2.88. The first-order chi connectivity index (χ1) is 17.4. The topological polar surface area (TPSA) is 99.7 Å². The van der Waals surface area contributed by atoms with Gasteiger partial charge >= 0.3 is 4.87 Å². The zero-order valence-corrected chi connectivity index (χ0v) is 21.3. The summed E-state index contributed by atoms with van der Waals surface area (Å²) in [6.07, 6.45) is 0.835. The second-order valence-electron chi connectivity index (χ2n) is 10.2. The number of H-pyrrole nitrogens is 1. The molecular weight excluding hydrogens is 496 g/mol. The molecule has 2 saturated carbocycles. The lowest BCUT2D eigenvalue weighted by atomic mass is 9.68. The summed E-state index contributed by atoms with van der Waals surface area (Å²) < 4.78 is 5.39. The number of carbonyl (C=O) groups is 2. The maximum Gasteiger partial charge on any atom is 0.305 e. The van der Waals surface area contributed by atoms with E-state index in [0.717, 1.165) is 27.5 Å². The van der Waals surface area contributed by atoms with Gasteiger partial charge in [-0.25, -0.2) is 0 Å². The predicted octanol–water partition coefficient (Wildman–Crippen LogP) is 4.14. The van der Waals surface area contributed by atoms with Crippen molar-refractivity contribution in [1.29, 1.82) is 0 Å². The standard InChI is InChI=1S/C27H24N2O5S2/c1-11-3-6-13(7-4-11)29-25(31)20-14-10-15(21(20)26(29)32)22-19(14)18(23-24(35-22)28-27(33)36-23)12-5-8-16(30)17(9-12)34-2/h3-9,14-15,18-22,30H,10H2,1-2H3,(H,28,33)/t14-,15+,18+,19-,20+,21+,22-/m1/s1. The van der Waals surface area contributed by atoms with Crippen LogP contribution in [-0.4, -0.2) is 34.3 Å². The van der Waals surface area contributed by atoms with Gasteiger partial charge in [0.1, 0.15) is 0 Å². The Kier molecular flexibility index (Phi) is 4.76. The number of aromatic amines is 1. The predicted molar refractivity (Wildman–Crippen MR) is 137 cm³/mol. The molecule has 184 valence electrons. The first kappa shape index (κ1) is 22.2. The number of thioether (sulfide) groups is 1. The minimum atomic E-state index is -0.343. The molecule has 2 N–H and O–H groups in total. The second-order valence-corrected chi connectivity index (χ2v) is 12.4. The zero-order valence-electron chi connectivity index (χ0n) is 19.6. The molecule has 2 aromatic carbocycles. The van der Waals surface area contributed by atoms with Crippen LogP contribution in [0.5, 0.6) is 11.5 Å². The van der Waals surface area contributed by atoms with Crippen LogP contribution in [0.4, 0.5) is 5.69 Å². The summed E-state index contributed by atoms with van der Waals surface area (Å²) in [6, 6.07) is 12.9. The molecule has 3 aromatic rings. The van der Waals surface area contributed by atoms with E-state index in [1.54, 1.807) is 17.8 Å². The Hall–Kier alpha value is -3.04. The average Bonchev–Trinajstić information content (AvgIpc) is 3.59. The van der Waals surface area contributed by atoms with Gasteiger partial charge in [0.15, 0.2) is 11.5 Å². The van der Waals surface area contributed by atoms with E-state index in [1.807, 2.05) is 43.3 Å². The van der Waals surface area contributed by atoms with Crippen molar-refractivity contribution in [3.63, 3.8) is 0 Å². The van der Waals surface area contributed by atoms with E-state index in [4.69, 9.17) is 4.74 Å². The number of phenols is 1. The summed E-state index contributed by atoms with van der Waals surface area (Å²) in [4.78, 5) is 45.1. The van der Waals surface area contributed by atoms with Gasteiger partial charge in [0.05, 0.1) is 29.7 Å². The minimum absolute atomic E-state index is 0.0412. The maximum atomic E-state index is 13.8. The van der Waals surface area contributed by atoms with Crippen molar-refractivity contribution < 1.29 is 19.4 Å². The molecule has 0 unspecified atom stereocenters. The fourth-order valence-electron chi connectivity index (χ4n) is 7.23. The highest BCUT2D eigenvalue weighted by atomic mass is 32.2. The highest BCUT2D eigenvalue weighted by Crippen LogP contribution is 2.68. The third kappa shape index (κ3) is 2.90. The van der Waals surface area contributed by atoms with E-state index in [-0.39, 0.29) is 63.2 Å². The number of hydrogen-bond donors (Lipinski definition) is 2. The molecule has 2 aliphatic heterocycles. The number of imide groups is 1. The molecule has 0 radical (unpaired) electrons. The number of carbonyl (C=O) groups excluding carboxylic acids is 2. The van der Waals surface area contributed by atoms with Crippen LogP contribution in [0.2, 0.25) is 0 Å². The van der Waals surface area contributed by atoms with E-state index in [2.05, 4.69) is 4.98 Å².